The number of para-hydroxylation sites is 1. The summed E-state index contributed by atoms with van der Waals surface area (Å²) in [5, 5.41) is 14.2. The zero-order valence-corrected chi connectivity index (χ0v) is 17.0. The molecule has 0 radical (unpaired) electrons. The molecule has 0 saturated carbocycles. The monoisotopic (exact) mass is 368 g/mol. The van der Waals surface area contributed by atoms with Crippen LogP contribution in [0.15, 0.2) is 60.7 Å². The molecule has 0 fully saturated rings. The van der Waals surface area contributed by atoms with Crippen LogP contribution in [0.2, 0.25) is 0 Å². The van der Waals surface area contributed by atoms with E-state index in [0.717, 1.165) is 22.2 Å². The minimum Gasteiger partial charge on any atom is -0.550 e. The molecule has 27 heavy (non-hydrogen) atoms. The number of amides is 1. The van der Waals surface area contributed by atoms with Gasteiger partial charge in [-0.15, -0.1) is 0 Å². The maximum atomic E-state index is 11.7. The first kappa shape index (κ1) is 20.8. The molecular weight excluding hydrogens is 351 g/mol. The molecule has 1 N–H and O–H groups in total. The minimum atomic E-state index is -1.24. The molecule has 2 aromatic carbocycles. The van der Waals surface area contributed by atoms with E-state index < -0.39 is 5.97 Å². The largest absolute Gasteiger partial charge is 1.00 e. The SMILES string of the molecule is O=C([O-])CCC(=O)Nc1cccc(/C=C/c2ccc3ccccc3n2)c1.[Na+]. The van der Waals surface area contributed by atoms with Gasteiger partial charge in [0.1, 0.15) is 0 Å². The minimum absolute atomic E-state index is 0. The number of fused-ring (bicyclic) bond motifs is 1. The number of carboxylic acid groups (broad SMARTS) is 1. The number of hydrogen-bond donors (Lipinski definition) is 1. The van der Waals surface area contributed by atoms with E-state index in [0.29, 0.717) is 5.69 Å². The van der Waals surface area contributed by atoms with Crippen molar-refractivity contribution in [2.24, 2.45) is 0 Å². The number of carbonyl (C=O) groups is 2. The Labute approximate surface area is 179 Å². The summed E-state index contributed by atoms with van der Waals surface area (Å²) >= 11 is 0. The van der Waals surface area contributed by atoms with E-state index >= 15 is 0 Å². The van der Waals surface area contributed by atoms with Crippen LogP contribution >= 0.6 is 0 Å². The van der Waals surface area contributed by atoms with Crippen LogP contribution in [-0.4, -0.2) is 16.9 Å². The van der Waals surface area contributed by atoms with Gasteiger partial charge in [0.2, 0.25) is 5.91 Å². The molecule has 0 spiro atoms. The van der Waals surface area contributed by atoms with Crippen LogP contribution in [0.1, 0.15) is 24.1 Å². The fraction of sp³-hybridized carbons (Fsp3) is 0.0952. The molecule has 0 aliphatic rings. The standard InChI is InChI=1S/C21H18N2O3.Na/c24-20(12-13-21(25)26)23-18-6-3-4-15(14-18)8-10-17-11-9-16-5-1-2-7-19(16)22-17;/h1-11,14H,12-13H2,(H,23,24)(H,25,26);/q;+1/p-1/b10-8+;. The van der Waals surface area contributed by atoms with Gasteiger partial charge in [-0.2, -0.15) is 0 Å². The number of carboxylic acids is 1. The molecule has 0 aliphatic heterocycles. The number of benzene rings is 2. The van der Waals surface area contributed by atoms with Gasteiger partial charge in [0.25, 0.3) is 0 Å². The van der Waals surface area contributed by atoms with Gasteiger partial charge in [-0.3, -0.25) is 4.79 Å². The number of aromatic nitrogens is 1. The molecule has 1 heterocycles. The van der Waals surface area contributed by atoms with Crippen LogP contribution in [-0.2, 0) is 9.59 Å². The van der Waals surface area contributed by atoms with Gasteiger partial charge in [-0.05, 0) is 42.3 Å². The molecule has 0 aliphatic carbocycles. The van der Waals surface area contributed by atoms with Gasteiger partial charge < -0.3 is 15.2 Å². The number of rotatable bonds is 6. The summed E-state index contributed by atoms with van der Waals surface area (Å²) in [4.78, 5) is 26.7. The van der Waals surface area contributed by atoms with E-state index in [1.165, 1.54) is 0 Å². The van der Waals surface area contributed by atoms with Crippen LogP contribution in [0.4, 0.5) is 5.69 Å². The third-order valence-electron chi connectivity index (χ3n) is 3.79. The van der Waals surface area contributed by atoms with E-state index in [4.69, 9.17) is 0 Å². The average Bonchev–Trinajstić information content (AvgIpc) is 2.65. The van der Waals surface area contributed by atoms with Crippen LogP contribution in [0.5, 0.6) is 0 Å². The Kier molecular flexibility index (Phi) is 7.73. The first-order valence-corrected chi connectivity index (χ1v) is 8.24. The van der Waals surface area contributed by atoms with Crippen molar-refractivity contribution in [3.8, 4) is 0 Å². The number of aliphatic carboxylic acids is 1. The average molecular weight is 368 g/mol. The molecule has 130 valence electrons. The summed E-state index contributed by atoms with van der Waals surface area (Å²) < 4.78 is 0. The van der Waals surface area contributed by atoms with Crippen molar-refractivity contribution in [1.29, 1.82) is 0 Å². The fourth-order valence-electron chi connectivity index (χ4n) is 2.52. The number of carbonyl (C=O) groups excluding carboxylic acids is 2. The zero-order valence-electron chi connectivity index (χ0n) is 15.0. The fourth-order valence-corrected chi connectivity index (χ4v) is 2.52. The quantitative estimate of drug-likeness (QED) is 0.615. The van der Waals surface area contributed by atoms with Crippen LogP contribution in [0.25, 0.3) is 23.1 Å². The van der Waals surface area contributed by atoms with E-state index in [1.807, 2.05) is 66.7 Å². The summed E-state index contributed by atoms with van der Waals surface area (Å²) in [6.45, 7) is 0. The van der Waals surface area contributed by atoms with E-state index in [-0.39, 0.29) is 48.3 Å². The Morgan fingerprint density at radius 3 is 2.59 bits per heavy atom. The van der Waals surface area contributed by atoms with E-state index in [2.05, 4.69) is 10.3 Å². The third-order valence-corrected chi connectivity index (χ3v) is 3.79. The number of nitrogens with one attached hydrogen (secondary N) is 1. The smallest absolute Gasteiger partial charge is 0.550 e. The van der Waals surface area contributed by atoms with Crippen LogP contribution in [0.3, 0.4) is 0 Å². The second-order valence-corrected chi connectivity index (χ2v) is 5.81. The molecule has 1 aromatic heterocycles. The van der Waals surface area contributed by atoms with Crippen molar-refractivity contribution in [2.45, 2.75) is 12.8 Å². The van der Waals surface area contributed by atoms with Crippen molar-refractivity contribution in [1.82, 2.24) is 4.98 Å². The Morgan fingerprint density at radius 1 is 0.963 bits per heavy atom. The van der Waals surface area contributed by atoms with Crippen molar-refractivity contribution in [2.75, 3.05) is 5.32 Å². The number of hydrogen-bond acceptors (Lipinski definition) is 4. The van der Waals surface area contributed by atoms with Gasteiger partial charge in [-0.25, -0.2) is 4.98 Å². The van der Waals surface area contributed by atoms with Crippen molar-refractivity contribution in [3.05, 3.63) is 71.9 Å². The summed E-state index contributed by atoms with van der Waals surface area (Å²) in [5.74, 6) is -1.59. The number of anilines is 1. The van der Waals surface area contributed by atoms with Gasteiger partial charge in [-0.1, -0.05) is 42.5 Å². The maximum Gasteiger partial charge on any atom is 1.00 e. The summed E-state index contributed by atoms with van der Waals surface area (Å²) in [6.07, 6.45) is 3.42. The topological polar surface area (TPSA) is 82.1 Å². The molecular formula is C21H17N2NaO3. The Hall–Kier alpha value is -2.47. The predicted octanol–water partition coefficient (Wildman–Crippen LogP) is -0.122. The second-order valence-electron chi connectivity index (χ2n) is 5.81. The van der Waals surface area contributed by atoms with E-state index in [1.54, 1.807) is 6.07 Å². The molecule has 1 amide bonds. The van der Waals surface area contributed by atoms with Gasteiger partial charge in [0, 0.05) is 23.5 Å². The molecule has 0 saturated heterocycles. The normalized spacial score (nSPS) is 10.5. The van der Waals surface area contributed by atoms with E-state index in [9.17, 15) is 14.7 Å². The second kappa shape index (κ2) is 10.0. The van der Waals surface area contributed by atoms with Gasteiger partial charge in [0.15, 0.2) is 0 Å². The summed E-state index contributed by atoms with van der Waals surface area (Å²) in [6, 6.07) is 19.2. The first-order chi connectivity index (χ1) is 12.6. The first-order valence-electron chi connectivity index (χ1n) is 8.24. The molecule has 3 aromatic rings. The molecule has 5 nitrogen and oxygen atoms in total. The maximum absolute atomic E-state index is 11.7. The van der Waals surface area contributed by atoms with Crippen molar-refractivity contribution >= 4 is 40.6 Å². The number of nitrogens with zero attached hydrogens (tertiary/aromatic N) is 1. The molecule has 0 atom stereocenters. The molecule has 0 bridgehead atoms. The molecule has 0 unspecified atom stereocenters. The zero-order chi connectivity index (χ0) is 18.4. The van der Waals surface area contributed by atoms with Crippen LogP contribution < -0.4 is 40.0 Å². The Balaban J connectivity index is 0.00000261. The Morgan fingerprint density at radius 2 is 1.78 bits per heavy atom. The molecule has 6 heteroatoms. The molecule has 3 rings (SSSR count). The van der Waals surface area contributed by atoms with Crippen molar-refractivity contribution < 1.29 is 44.3 Å². The van der Waals surface area contributed by atoms with Crippen molar-refractivity contribution in [3.63, 3.8) is 0 Å². The Bertz CT molecular complexity index is 986. The third kappa shape index (κ3) is 6.32. The van der Waals surface area contributed by atoms with Crippen LogP contribution in [0, 0.1) is 0 Å². The summed E-state index contributed by atoms with van der Waals surface area (Å²) in [5.41, 5.74) is 3.29. The summed E-state index contributed by atoms with van der Waals surface area (Å²) in [7, 11) is 0. The van der Waals surface area contributed by atoms with Gasteiger partial charge in [0.05, 0.1) is 11.2 Å². The van der Waals surface area contributed by atoms with Gasteiger partial charge >= 0.3 is 29.6 Å². The number of pyridine rings is 1. The predicted molar refractivity (Wildman–Crippen MR) is 100.0 cm³/mol.